The van der Waals surface area contributed by atoms with Crippen molar-refractivity contribution in [3.05, 3.63) is 35.9 Å². The number of carboxylic acid groups (broad SMARTS) is 1. The van der Waals surface area contributed by atoms with Gasteiger partial charge in [0.25, 0.3) is 5.91 Å². The fourth-order valence-corrected chi connectivity index (χ4v) is 2.27. The number of aliphatic carboxylic acids is 1. The third-order valence-corrected chi connectivity index (χ3v) is 3.56. The molecule has 0 bridgehead atoms. The fraction of sp³-hybridized carbons (Fsp3) is 0.400. The zero-order valence-electron chi connectivity index (χ0n) is 12.0. The molecule has 0 unspecified atom stereocenters. The number of nitriles is 1. The van der Waals surface area contributed by atoms with Gasteiger partial charge in [-0.25, -0.2) is 0 Å². The van der Waals surface area contributed by atoms with Crippen molar-refractivity contribution in [2.24, 2.45) is 5.92 Å². The Balaban J connectivity index is 1.89. The maximum Gasteiger partial charge on any atom is 0.306 e. The number of carboxylic acids is 1. The molecule has 0 aromatic carbocycles. The van der Waals surface area contributed by atoms with Gasteiger partial charge < -0.3 is 19.7 Å². The van der Waals surface area contributed by atoms with Crippen LogP contribution in [0.2, 0.25) is 0 Å². The molecule has 0 atom stereocenters. The standard InChI is InChI=1S/C15H17N3O4/c16-8-12(14(19)17-9-13-2-1-7-22-13)10-18-5-3-11(4-6-18)15(20)21/h1-2,7,10-11H,3-6,9H2,(H,17,19)(H,20,21)/b12-10-. The van der Waals surface area contributed by atoms with Gasteiger partial charge in [-0.3, -0.25) is 9.59 Å². The molecular formula is C15H17N3O4. The molecule has 116 valence electrons. The van der Waals surface area contributed by atoms with Gasteiger partial charge in [0.05, 0.1) is 18.7 Å². The van der Waals surface area contributed by atoms with Gasteiger partial charge in [-0.15, -0.1) is 0 Å². The van der Waals surface area contributed by atoms with Crippen LogP contribution in [0.3, 0.4) is 0 Å². The van der Waals surface area contributed by atoms with Crippen LogP contribution in [0, 0.1) is 17.2 Å². The molecule has 1 aromatic heterocycles. The first kappa shape index (κ1) is 15.6. The van der Waals surface area contributed by atoms with Gasteiger partial charge in [0.1, 0.15) is 17.4 Å². The highest BCUT2D eigenvalue weighted by molar-refractivity contribution is 5.97. The van der Waals surface area contributed by atoms with Gasteiger partial charge in [0, 0.05) is 19.3 Å². The molecule has 1 fully saturated rings. The van der Waals surface area contributed by atoms with E-state index in [9.17, 15) is 9.59 Å². The first-order valence-corrected chi connectivity index (χ1v) is 6.99. The summed E-state index contributed by atoms with van der Waals surface area (Å²) < 4.78 is 5.10. The maximum absolute atomic E-state index is 12.0. The number of carbonyl (C=O) groups excluding carboxylic acids is 1. The first-order chi connectivity index (χ1) is 10.6. The summed E-state index contributed by atoms with van der Waals surface area (Å²) >= 11 is 0. The van der Waals surface area contributed by atoms with Crippen LogP contribution in [0.1, 0.15) is 18.6 Å². The summed E-state index contributed by atoms with van der Waals surface area (Å²) in [5, 5.41) is 20.7. The number of hydrogen-bond donors (Lipinski definition) is 2. The van der Waals surface area contributed by atoms with Crippen molar-refractivity contribution in [2.75, 3.05) is 13.1 Å². The molecule has 1 amide bonds. The lowest BCUT2D eigenvalue weighted by atomic mass is 9.97. The van der Waals surface area contributed by atoms with Crippen molar-refractivity contribution >= 4 is 11.9 Å². The Morgan fingerprint density at radius 2 is 2.23 bits per heavy atom. The summed E-state index contributed by atoms with van der Waals surface area (Å²) in [7, 11) is 0. The zero-order chi connectivity index (χ0) is 15.9. The Morgan fingerprint density at radius 1 is 1.50 bits per heavy atom. The van der Waals surface area contributed by atoms with Crippen LogP contribution in [0.5, 0.6) is 0 Å². The minimum Gasteiger partial charge on any atom is -0.481 e. The normalized spacial score (nSPS) is 16.1. The minimum absolute atomic E-state index is 0.000307. The van der Waals surface area contributed by atoms with E-state index in [1.54, 1.807) is 12.1 Å². The molecule has 2 rings (SSSR count). The number of carbonyl (C=O) groups is 2. The van der Waals surface area contributed by atoms with Gasteiger partial charge >= 0.3 is 5.97 Å². The average Bonchev–Trinajstić information content (AvgIpc) is 3.04. The summed E-state index contributed by atoms with van der Waals surface area (Å²) in [5.41, 5.74) is 0.000307. The van der Waals surface area contributed by atoms with Crippen molar-refractivity contribution in [1.29, 1.82) is 5.26 Å². The molecule has 7 nitrogen and oxygen atoms in total. The summed E-state index contributed by atoms with van der Waals surface area (Å²) in [5.74, 6) is -1.00. The summed E-state index contributed by atoms with van der Waals surface area (Å²) in [6.45, 7) is 1.26. The second kappa shape index (κ2) is 7.31. The van der Waals surface area contributed by atoms with E-state index in [1.165, 1.54) is 12.5 Å². The highest BCUT2D eigenvalue weighted by Crippen LogP contribution is 2.18. The van der Waals surface area contributed by atoms with Crippen LogP contribution < -0.4 is 5.32 Å². The number of nitrogens with zero attached hydrogens (tertiary/aromatic N) is 2. The van der Waals surface area contributed by atoms with Crippen LogP contribution in [0.15, 0.2) is 34.6 Å². The van der Waals surface area contributed by atoms with Crippen molar-refractivity contribution in [1.82, 2.24) is 10.2 Å². The van der Waals surface area contributed by atoms with Crippen molar-refractivity contribution < 1.29 is 19.1 Å². The van der Waals surface area contributed by atoms with Gasteiger partial charge in [0.15, 0.2) is 0 Å². The molecule has 7 heteroatoms. The molecule has 2 N–H and O–H groups in total. The second-order valence-corrected chi connectivity index (χ2v) is 5.07. The summed E-state index contributed by atoms with van der Waals surface area (Å²) in [6, 6.07) is 5.32. The minimum atomic E-state index is -0.791. The molecule has 0 aliphatic carbocycles. The quantitative estimate of drug-likeness (QED) is 0.623. The van der Waals surface area contributed by atoms with E-state index in [2.05, 4.69) is 5.32 Å². The van der Waals surface area contributed by atoms with Gasteiger partial charge in [-0.1, -0.05) is 0 Å². The van der Waals surface area contributed by atoms with E-state index < -0.39 is 11.9 Å². The Kier molecular flexibility index (Phi) is 5.20. The maximum atomic E-state index is 12.0. The number of nitrogens with one attached hydrogen (secondary N) is 1. The van der Waals surface area contributed by atoms with Crippen LogP contribution in [0.4, 0.5) is 0 Å². The third kappa shape index (κ3) is 4.12. The Labute approximate surface area is 127 Å². The molecule has 1 aromatic rings. The smallest absolute Gasteiger partial charge is 0.306 e. The van der Waals surface area contributed by atoms with Crippen molar-refractivity contribution in [2.45, 2.75) is 19.4 Å². The number of likely N-dealkylation sites (tertiary alicyclic amines) is 1. The Hall–Kier alpha value is -2.75. The van der Waals surface area contributed by atoms with Gasteiger partial charge in [-0.05, 0) is 25.0 Å². The number of hydrogen-bond acceptors (Lipinski definition) is 5. The third-order valence-electron chi connectivity index (χ3n) is 3.56. The molecule has 1 saturated heterocycles. The number of piperidine rings is 1. The highest BCUT2D eigenvalue weighted by Gasteiger charge is 2.24. The summed E-state index contributed by atoms with van der Waals surface area (Å²) in [4.78, 5) is 24.6. The van der Waals surface area contributed by atoms with E-state index in [-0.39, 0.29) is 18.0 Å². The molecule has 0 spiro atoms. The van der Waals surface area contributed by atoms with Crippen LogP contribution in [-0.2, 0) is 16.1 Å². The van der Waals surface area contributed by atoms with E-state index in [1.807, 2.05) is 11.0 Å². The number of furan rings is 1. The lowest BCUT2D eigenvalue weighted by Gasteiger charge is -2.29. The number of amides is 1. The SMILES string of the molecule is N#C/C(=C/N1CCC(C(=O)O)CC1)C(=O)NCc1ccco1. The monoisotopic (exact) mass is 303 g/mol. The average molecular weight is 303 g/mol. The molecule has 2 heterocycles. The first-order valence-electron chi connectivity index (χ1n) is 6.99. The predicted octanol–water partition coefficient (Wildman–Crippen LogP) is 1.10. The highest BCUT2D eigenvalue weighted by atomic mass is 16.4. The van der Waals surface area contributed by atoms with Crippen LogP contribution >= 0.6 is 0 Å². The van der Waals surface area contributed by atoms with Gasteiger partial charge in [-0.2, -0.15) is 5.26 Å². The molecule has 1 aliphatic heterocycles. The van der Waals surface area contributed by atoms with E-state index in [0.29, 0.717) is 31.7 Å². The summed E-state index contributed by atoms with van der Waals surface area (Å²) in [6.07, 6.45) is 4.03. The van der Waals surface area contributed by atoms with Crippen LogP contribution in [-0.4, -0.2) is 35.0 Å². The lowest BCUT2D eigenvalue weighted by molar-refractivity contribution is -0.143. The Morgan fingerprint density at radius 3 is 2.77 bits per heavy atom. The second-order valence-electron chi connectivity index (χ2n) is 5.07. The predicted molar refractivity (Wildman–Crippen MR) is 76.2 cm³/mol. The molecular weight excluding hydrogens is 286 g/mol. The zero-order valence-corrected chi connectivity index (χ0v) is 12.0. The largest absolute Gasteiger partial charge is 0.481 e. The van der Waals surface area contributed by atoms with Crippen molar-refractivity contribution in [3.63, 3.8) is 0 Å². The fourth-order valence-electron chi connectivity index (χ4n) is 2.27. The Bertz CT molecular complexity index is 593. The molecule has 22 heavy (non-hydrogen) atoms. The lowest BCUT2D eigenvalue weighted by Crippen LogP contribution is -2.34. The van der Waals surface area contributed by atoms with E-state index in [0.717, 1.165) is 0 Å². The van der Waals surface area contributed by atoms with Crippen LogP contribution in [0.25, 0.3) is 0 Å². The molecule has 0 saturated carbocycles. The van der Waals surface area contributed by atoms with E-state index >= 15 is 0 Å². The van der Waals surface area contributed by atoms with Crippen molar-refractivity contribution in [3.8, 4) is 6.07 Å². The van der Waals surface area contributed by atoms with E-state index in [4.69, 9.17) is 14.8 Å². The topological polar surface area (TPSA) is 107 Å². The molecule has 1 aliphatic rings. The van der Waals surface area contributed by atoms with Gasteiger partial charge in [0.2, 0.25) is 0 Å². The molecule has 0 radical (unpaired) electrons. The number of rotatable bonds is 5.